The molecular formula is C10H14N2O3. The van der Waals surface area contributed by atoms with Crippen molar-refractivity contribution in [2.24, 2.45) is 5.73 Å². The molecule has 0 amide bonds. The van der Waals surface area contributed by atoms with Gasteiger partial charge in [0.05, 0.1) is 4.92 Å². The zero-order valence-corrected chi connectivity index (χ0v) is 8.56. The summed E-state index contributed by atoms with van der Waals surface area (Å²) in [6.07, 6.45) is 1.26. The average Bonchev–Trinajstić information content (AvgIpc) is 2.16. The molecule has 0 unspecified atom stereocenters. The minimum absolute atomic E-state index is 0.0415. The maximum atomic E-state index is 10.7. The third-order valence-corrected chi connectivity index (χ3v) is 2.24. The molecule has 1 aromatic rings. The molecule has 5 nitrogen and oxygen atoms in total. The Balaban J connectivity index is 3.06. The van der Waals surface area contributed by atoms with Gasteiger partial charge in [-0.1, -0.05) is 0 Å². The number of hydrogen-bond acceptors (Lipinski definition) is 4. The summed E-state index contributed by atoms with van der Waals surface area (Å²) in [7, 11) is 0. The molecule has 0 aliphatic carbocycles. The van der Waals surface area contributed by atoms with E-state index in [0.717, 1.165) is 0 Å². The highest BCUT2D eigenvalue weighted by molar-refractivity contribution is 5.49. The number of nitrogens with zero attached hydrogens (tertiary/aromatic N) is 1. The van der Waals surface area contributed by atoms with E-state index < -0.39 is 4.92 Å². The van der Waals surface area contributed by atoms with Crippen LogP contribution in [0, 0.1) is 17.0 Å². The normalized spacial score (nSPS) is 10.3. The van der Waals surface area contributed by atoms with Gasteiger partial charge >= 0.3 is 0 Å². The lowest BCUT2D eigenvalue weighted by Crippen LogP contribution is -2.01. The van der Waals surface area contributed by atoms with E-state index in [1.165, 1.54) is 12.1 Å². The molecule has 1 aromatic carbocycles. The fraction of sp³-hybridized carbons (Fsp3) is 0.400. The molecule has 0 saturated carbocycles. The first-order valence-electron chi connectivity index (χ1n) is 4.73. The molecule has 0 bridgehead atoms. The van der Waals surface area contributed by atoms with Gasteiger partial charge in [0.1, 0.15) is 5.75 Å². The second-order valence-corrected chi connectivity index (χ2v) is 3.42. The van der Waals surface area contributed by atoms with Crippen LogP contribution >= 0.6 is 0 Å². The Morgan fingerprint density at radius 2 is 2.20 bits per heavy atom. The largest absolute Gasteiger partial charge is 0.508 e. The molecule has 15 heavy (non-hydrogen) atoms. The lowest BCUT2D eigenvalue weighted by Gasteiger charge is -2.05. The lowest BCUT2D eigenvalue weighted by molar-refractivity contribution is -0.385. The first-order chi connectivity index (χ1) is 7.06. The first kappa shape index (κ1) is 11.5. The summed E-state index contributed by atoms with van der Waals surface area (Å²) in [5.74, 6) is 0.103. The summed E-state index contributed by atoms with van der Waals surface area (Å²) < 4.78 is 0. The van der Waals surface area contributed by atoms with Crippen molar-refractivity contribution in [3.63, 3.8) is 0 Å². The number of phenolic OH excluding ortho intramolecular Hbond substituents is 1. The Morgan fingerprint density at radius 1 is 1.53 bits per heavy atom. The average molecular weight is 210 g/mol. The van der Waals surface area contributed by atoms with Gasteiger partial charge in [-0.05, 0) is 32.4 Å². The Kier molecular flexibility index (Phi) is 3.62. The summed E-state index contributed by atoms with van der Waals surface area (Å²) in [4.78, 5) is 10.2. The Morgan fingerprint density at radius 3 is 2.73 bits per heavy atom. The van der Waals surface area contributed by atoms with Crippen molar-refractivity contribution >= 4 is 5.69 Å². The van der Waals surface area contributed by atoms with E-state index in [-0.39, 0.29) is 11.4 Å². The standard InChI is InChI=1S/C10H14N2O3/c1-7-5-10(13)8(3-2-4-11)6-9(7)12(14)15/h5-6,13H,2-4,11H2,1H3. The predicted octanol–water partition coefficient (Wildman–Crippen LogP) is 1.50. The van der Waals surface area contributed by atoms with Crippen molar-refractivity contribution in [1.29, 1.82) is 0 Å². The molecule has 0 heterocycles. The van der Waals surface area contributed by atoms with Gasteiger partial charge in [0.2, 0.25) is 0 Å². The van der Waals surface area contributed by atoms with Crippen LogP contribution in [0.4, 0.5) is 5.69 Å². The molecular weight excluding hydrogens is 196 g/mol. The van der Waals surface area contributed by atoms with Gasteiger partial charge in [-0.15, -0.1) is 0 Å². The number of benzene rings is 1. The molecule has 0 aromatic heterocycles. The van der Waals surface area contributed by atoms with Crippen molar-refractivity contribution < 1.29 is 10.0 Å². The first-order valence-corrected chi connectivity index (χ1v) is 4.73. The maximum absolute atomic E-state index is 10.7. The minimum Gasteiger partial charge on any atom is -0.508 e. The van der Waals surface area contributed by atoms with Crippen LogP contribution in [0.1, 0.15) is 17.5 Å². The number of nitro benzene ring substituents is 1. The number of hydrogen-bond donors (Lipinski definition) is 2. The fourth-order valence-corrected chi connectivity index (χ4v) is 1.41. The van der Waals surface area contributed by atoms with Crippen molar-refractivity contribution in [1.82, 2.24) is 0 Å². The molecule has 1 rings (SSSR count). The number of aromatic hydroxyl groups is 1. The molecule has 0 atom stereocenters. The van der Waals surface area contributed by atoms with E-state index in [2.05, 4.69) is 0 Å². The van der Waals surface area contributed by atoms with Crippen LogP contribution in [-0.2, 0) is 6.42 Å². The van der Waals surface area contributed by atoms with Crippen LogP contribution in [-0.4, -0.2) is 16.6 Å². The van der Waals surface area contributed by atoms with Gasteiger partial charge in [0.15, 0.2) is 0 Å². The smallest absolute Gasteiger partial charge is 0.272 e. The number of rotatable bonds is 4. The molecule has 3 N–H and O–H groups in total. The molecule has 5 heteroatoms. The van der Waals surface area contributed by atoms with Gasteiger partial charge in [-0.2, -0.15) is 0 Å². The molecule has 0 aliphatic heterocycles. The Labute approximate surface area is 87.7 Å². The molecule has 0 radical (unpaired) electrons. The van der Waals surface area contributed by atoms with Crippen molar-refractivity contribution in [3.8, 4) is 5.75 Å². The monoisotopic (exact) mass is 210 g/mol. The zero-order valence-electron chi connectivity index (χ0n) is 8.56. The van der Waals surface area contributed by atoms with Gasteiger partial charge in [0, 0.05) is 17.2 Å². The topological polar surface area (TPSA) is 89.4 Å². The summed E-state index contributed by atoms with van der Waals surface area (Å²) >= 11 is 0. The Bertz CT molecular complexity index is 377. The number of nitro groups is 1. The summed E-state index contributed by atoms with van der Waals surface area (Å²) in [5, 5.41) is 20.2. The van der Waals surface area contributed by atoms with Gasteiger partial charge in [-0.25, -0.2) is 0 Å². The third-order valence-electron chi connectivity index (χ3n) is 2.24. The van der Waals surface area contributed by atoms with E-state index in [1.54, 1.807) is 6.92 Å². The highest BCUT2D eigenvalue weighted by Gasteiger charge is 2.14. The van der Waals surface area contributed by atoms with Crippen LogP contribution in [0.3, 0.4) is 0 Å². The van der Waals surface area contributed by atoms with E-state index >= 15 is 0 Å². The summed E-state index contributed by atoms with van der Waals surface area (Å²) in [6, 6.07) is 2.84. The van der Waals surface area contributed by atoms with Crippen LogP contribution in [0.25, 0.3) is 0 Å². The van der Waals surface area contributed by atoms with E-state index in [9.17, 15) is 15.2 Å². The third kappa shape index (κ3) is 2.66. The highest BCUT2D eigenvalue weighted by Crippen LogP contribution is 2.27. The van der Waals surface area contributed by atoms with Gasteiger partial charge in [0.25, 0.3) is 5.69 Å². The van der Waals surface area contributed by atoms with Gasteiger partial charge < -0.3 is 10.8 Å². The highest BCUT2D eigenvalue weighted by atomic mass is 16.6. The SMILES string of the molecule is Cc1cc(O)c(CCCN)cc1[N+](=O)[O-]. The van der Waals surface area contributed by atoms with Crippen molar-refractivity contribution in [2.45, 2.75) is 19.8 Å². The lowest BCUT2D eigenvalue weighted by atomic mass is 10.0. The summed E-state index contributed by atoms with van der Waals surface area (Å²) in [6.45, 7) is 2.10. The molecule has 82 valence electrons. The number of nitrogens with two attached hydrogens (primary N) is 1. The van der Waals surface area contributed by atoms with E-state index in [4.69, 9.17) is 5.73 Å². The molecule has 0 spiro atoms. The second-order valence-electron chi connectivity index (χ2n) is 3.42. The Hall–Kier alpha value is -1.62. The maximum Gasteiger partial charge on any atom is 0.272 e. The van der Waals surface area contributed by atoms with Crippen molar-refractivity contribution in [2.75, 3.05) is 6.54 Å². The van der Waals surface area contributed by atoms with Gasteiger partial charge in [-0.3, -0.25) is 10.1 Å². The quantitative estimate of drug-likeness (QED) is 0.582. The van der Waals surface area contributed by atoms with Crippen LogP contribution in [0.5, 0.6) is 5.75 Å². The van der Waals surface area contributed by atoms with Crippen LogP contribution in [0.15, 0.2) is 12.1 Å². The zero-order chi connectivity index (χ0) is 11.4. The molecule has 0 fully saturated rings. The van der Waals surface area contributed by atoms with Crippen LogP contribution < -0.4 is 5.73 Å². The molecule has 0 aliphatic rings. The van der Waals surface area contributed by atoms with Crippen LogP contribution in [0.2, 0.25) is 0 Å². The minimum atomic E-state index is -0.444. The second kappa shape index (κ2) is 4.75. The van der Waals surface area contributed by atoms with Crippen molar-refractivity contribution in [3.05, 3.63) is 33.4 Å². The number of phenols is 1. The predicted molar refractivity (Wildman–Crippen MR) is 56.9 cm³/mol. The van der Waals surface area contributed by atoms with E-state index in [0.29, 0.717) is 30.5 Å². The fourth-order valence-electron chi connectivity index (χ4n) is 1.41. The molecule has 0 saturated heterocycles. The number of aryl methyl sites for hydroxylation is 2. The summed E-state index contributed by atoms with van der Waals surface area (Å²) in [5.41, 5.74) is 6.43. The van der Waals surface area contributed by atoms with E-state index in [1.807, 2.05) is 0 Å².